The summed E-state index contributed by atoms with van der Waals surface area (Å²) in [5.41, 5.74) is 12.3. The molecule has 2 heterocycles. The van der Waals surface area contributed by atoms with Crippen molar-refractivity contribution in [2.75, 3.05) is 17.7 Å². The van der Waals surface area contributed by atoms with Gasteiger partial charge in [0.25, 0.3) is 0 Å². The van der Waals surface area contributed by atoms with Gasteiger partial charge >= 0.3 is 0 Å². The Hall–Kier alpha value is -1.92. The van der Waals surface area contributed by atoms with Crippen LogP contribution in [0.3, 0.4) is 0 Å². The molecular weight excluding hydrogens is 258 g/mol. The van der Waals surface area contributed by atoms with Gasteiger partial charge in [0.2, 0.25) is 5.13 Å². The van der Waals surface area contributed by atoms with E-state index in [0.717, 1.165) is 25.1 Å². The van der Waals surface area contributed by atoms with Crippen LogP contribution in [0, 0.1) is 0 Å². The van der Waals surface area contributed by atoms with Crippen LogP contribution in [0.25, 0.3) is 0 Å². The summed E-state index contributed by atoms with van der Waals surface area (Å²) >= 11 is 1.44. The van der Waals surface area contributed by atoms with Crippen LogP contribution in [0.4, 0.5) is 10.9 Å². The summed E-state index contributed by atoms with van der Waals surface area (Å²) < 4.78 is 0. The van der Waals surface area contributed by atoms with Gasteiger partial charge in [0, 0.05) is 11.9 Å². The second-order valence-electron chi connectivity index (χ2n) is 4.40. The van der Waals surface area contributed by atoms with Gasteiger partial charge < -0.3 is 11.1 Å². The van der Waals surface area contributed by atoms with Crippen molar-refractivity contribution in [2.24, 2.45) is 5.10 Å². The Morgan fingerprint density at radius 1 is 1.42 bits per heavy atom. The zero-order valence-corrected chi connectivity index (χ0v) is 11.2. The number of thiazole rings is 1. The van der Waals surface area contributed by atoms with Crippen LogP contribution in [0.2, 0.25) is 0 Å². The average Bonchev–Trinajstić information content (AvgIpc) is 2.84. The van der Waals surface area contributed by atoms with Crippen LogP contribution in [-0.2, 0) is 13.0 Å². The van der Waals surface area contributed by atoms with E-state index in [1.807, 2.05) is 0 Å². The molecule has 0 unspecified atom stereocenters. The molecule has 0 saturated heterocycles. The van der Waals surface area contributed by atoms with E-state index in [1.165, 1.54) is 22.5 Å². The maximum absolute atomic E-state index is 5.54. The van der Waals surface area contributed by atoms with E-state index in [9.17, 15) is 0 Å². The lowest BCUT2D eigenvalue weighted by molar-refractivity contribution is 0.644. The van der Waals surface area contributed by atoms with Gasteiger partial charge in [0.05, 0.1) is 6.21 Å². The highest BCUT2D eigenvalue weighted by Gasteiger charge is 2.07. The Balaban J connectivity index is 1.69. The van der Waals surface area contributed by atoms with Crippen molar-refractivity contribution in [3.63, 3.8) is 0 Å². The van der Waals surface area contributed by atoms with Gasteiger partial charge in [-0.2, -0.15) is 5.10 Å². The minimum absolute atomic E-state index is 0.518. The van der Waals surface area contributed by atoms with Crippen molar-refractivity contribution < 1.29 is 0 Å². The second kappa shape index (κ2) is 5.38. The molecule has 4 N–H and O–H groups in total. The summed E-state index contributed by atoms with van der Waals surface area (Å²) in [5, 5.41) is 10.0. The highest BCUT2D eigenvalue weighted by Crippen LogP contribution is 2.17. The zero-order chi connectivity index (χ0) is 13.1. The molecule has 5 nitrogen and oxygen atoms in total. The highest BCUT2D eigenvalue weighted by molar-refractivity contribution is 7.14. The summed E-state index contributed by atoms with van der Waals surface area (Å²) in [6, 6.07) is 6.43. The van der Waals surface area contributed by atoms with Gasteiger partial charge in [-0.15, -0.1) is 11.3 Å². The molecule has 1 aromatic heterocycles. The molecule has 0 atom stereocenters. The molecule has 0 radical (unpaired) electrons. The molecule has 6 heteroatoms. The molecule has 2 aromatic rings. The Morgan fingerprint density at radius 2 is 2.37 bits per heavy atom. The Kier molecular flexibility index (Phi) is 3.43. The molecule has 0 aliphatic carbocycles. The number of nitrogens with two attached hydrogens (primary N) is 1. The Labute approximate surface area is 115 Å². The molecule has 1 aromatic carbocycles. The van der Waals surface area contributed by atoms with Crippen molar-refractivity contribution in [2.45, 2.75) is 13.0 Å². The fraction of sp³-hybridized carbons (Fsp3) is 0.231. The number of hydrogen-bond acceptors (Lipinski definition) is 6. The molecule has 0 fully saturated rings. The largest absolute Gasteiger partial charge is 0.383 e. The van der Waals surface area contributed by atoms with Crippen molar-refractivity contribution in [1.82, 2.24) is 10.3 Å². The van der Waals surface area contributed by atoms with Crippen molar-refractivity contribution in [3.8, 4) is 0 Å². The molecule has 1 aliphatic heterocycles. The molecule has 98 valence electrons. The molecule has 1 aliphatic rings. The quantitative estimate of drug-likeness (QED) is 0.589. The van der Waals surface area contributed by atoms with Crippen LogP contribution in [0.1, 0.15) is 16.7 Å². The highest BCUT2D eigenvalue weighted by atomic mass is 32.1. The normalized spacial score (nSPS) is 14.5. The number of aromatic nitrogens is 1. The molecular formula is C13H15N5S. The average molecular weight is 273 g/mol. The van der Waals surface area contributed by atoms with E-state index in [2.05, 4.69) is 39.0 Å². The monoisotopic (exact) mass is 273 g/mol. The van der Waals surface area contributed by atoms with Gasteiger partial charge in [-0.05, 0) is 35.7 Å². The predicted octanol–water partition coefficient (Wildman–Crippen LogP) is 1.82. The maximum Gasteiger partial charge on any atom is 0.205 e. The first-order valence-corrected chi connectivity index (χ1v) is 7.02. The Morgan fingerprint density at radius 3 is 3.21 bits per heavy atom. The third kappa shape index (κ3) is 2.91. The first-order chi connectivity index (χ1) is 9.31. The Bertz CT molecular complexity index is 605. The number of hydrazone groups is 1. The molecule has 3 rings (SSSR count). The molecule has 0 amide bonds. The van der Waals surface area contributed by atoms with Crippen LogP contribution < -0.4 is 16.5 Å². The number of nitrogen functional groups attached to an aromatic ring is 1. The van der Waals surface area contributed by atoms with Crippen LogP contribution in [0.5, 0.6) is 0 Å². The van der Waals surface area contributed by atoms with Gasteiger partial charge in [0.1, 0.15) is 5.82 Å². The summed E-state index contributed by atoms with van der Waals surface area (Å²) in [6.07, 6.45) is 2.88. The number of benzene rings is 1. The van der Waals surface area contributed by atoms with Gasteiger partial charge in [-0.1, -0.05) is 12.1 Å². The lowest BCUT2D eigenvalue weighted by Crippen LogP contribution is -2.23. The lowest BCUT2D eigenvalue weighted by Gasteiger charge is -2.16. The van der Waals surface area contributed by atoms with E-state index in [1.54, 1.807) is 11.6 Å². The molecule has 0 bridgehead atoms. The smallest absolute Gasteiger partial charge is 0.205 e. The fourth-order valence-corrected chi connectivity index (χ4v) is 2.63. The number of hydrogen-bond donors (Lipinski definition) is 3. The number of nitrogens with zero attached hydrogens (tertiary/aromatic N) is 2. The summed E-state index contributed by atoms with van der Waals surface area (Å²) in [4.78, 5) is 4.08. The summed E-state index contributed by atoms with van der Waals surface area (Å²) in [5.74, 6) is 0.518. The number of fused-ring (bicyclic) bond motifs is 1. The summed E-state index contributed by atoms with van der Waals surface area (Å²) in [6.45, 7) is 2.01. The van der Waals surface area contributed by atoms with Crippen LogP contribution >= 0.6 is 11.3 Å². The van der Waals surface area contributed by atoms with Crippen molar-refractivity contribution in [3.05, 3.63) is 40.3 Å². The molecule has 0 spiro atoms. The van der Waals surface area contributed by atoms with Gasteiger partial charge in [-0.3, -0.25) is 5.43 Å². The SMILES string of the molecule is Nc1csc(NN=Cc2ccc3c(c2)CCNC3)n1. The lowest BCUT2D eigenvalue weighted by atomic mass is 9.99. The summed E-state index contributed by atoms with van der Waals surface area (Å²) in [7, 11) is 0. The molecule has 19 heavy (non-hydrogen) atoms. The minimum Gasteiger partial charge on any atom is -0.383 e. The van der Waals surface area contributed by atoms with E-state index >= 15 is 0 Å². The fourth-order valence-electron chi connectivity index (χ4n) is 2.08. The van der Waals surface area contributed by atoms with Crippen molar-refractivity contribution in [1.29, 1.82) is 0 Å². The second-order valence-corrected chi connectivity index (χ2v) is 5.26. The predicted molar refractivity (Wildman–Crippen MR) is 79.6 cm³/mol. The first kappa shape index (κ1) is 12.1. The third-order valence-corrected chi connectivity index (χ3v) is 3.78. The van der Waals surface area contributed by atoms with Gasteiger partial charge in [-0.25, -0.2) is 4.98 Å². The van der Waals surface area contributed by atoms with Crippen molar-refractivity contribution >= 4 is 28.5 Å². The van der Waals surface area contributed by atoms with E-state index < -0.39 is 0 Å². The van der Waals surface area contributed by atoms with Crippen LogP contribution in [0.15, 0.2) is 28.7 Å². The number of rotatable bonds is 3. The van der Waals surface area contributed by atoms with E-state index in [-0.39, 0.29) is 0 Å². The minimum atomic E-state index is 0.518. The van der Waals surface area contributed by atoms with Crippen LogP contribution in [-0.4, -0.2) is 17.7 Å². The topological polar surface area (TPSA) is 75.3 Å². The number of anilines is 2. The van der Waals surface area contributed by atoms with Gasteiger partial charge in [0.15, 0.2) is 0 Å². The zero-order valence-electron chi connectivity index (χ0n) is 10.4. The van der Waals surface area contributed by atoms with E-state index in [0.29, 0.717) is 10.9 Å². The maximum atomic E-state index is 5.54. The third-order valence-electron chi connectivity index (χ3n) is 3.01. The first-order valence-electron chi connectivity index (χ1n) is 6.14. The number of nitrogens with one attached hydrogen (secondary N) is 2. The van der Waals surface area contributed by atoms with E-state index in [4.69, 9.17) is 5.73 Å². The standard InChI is InChI=1S/C13H15N5S/c14-12-8-19-13(17-12)18-16-6-9-1-2-11-7-15-4-3-10(11)5-9/h1-2,5-6,8,15H,3-4,7,14H2,(H,17,18). The molecule has 0 saturated carbocycles.